The van der Waals surface area contributed by atoms with Gasteiger partial charge in [-0.1, -0.05) is 49.4 Å². The van der Waals surface area contributed by atoms with Gasteiger partial charge >= 0.3 is 0 Å². The number of nitrogens with zero attached hydrogens (tertiary/aromatic N) is 3. The molecular formula is C24H23N3O4S. The van der Waals surface area contributed by atoms with Crippen LogP contribution in [0.25, 0.3) is 0 Å². The molecule has 7 nitrogen and oxygen atoms in total. The molecular weight excluding hydrogens is 426 g/mol. The topological polar surface area (TPSA) is 89.5 Å². The number of methoxy groups -OCH3 is 1. The summed E-state index contributed by atoms with van der Waals surface area (Å²) >= 11 is 1.21. The molecule has 32 heavy (non-hydrogen) atoms. The van der Waals surface area contributed by atoms with Crippen LogP contribution in [0.3, 0.4) is 0 Å². The van der Waals surface area contributed by atoms with Crippen LogP contribution in [0.2, 0.25) is 0 Å². The first-order valence-electron chi connectivity index (χ1n) is 10.3. The summed E-state index contributed by atoms with van der Waals surface area (Å²) in [5.41, 5.74) is 2.17. The van der Waals surface area contributed by atoms with Crippen molar-refractivity contribution in [3.8, 4) is 5.75 Å². The number of Topliss-reactive ketones (excluding diaryl/α,β-unsaturated/α-hetero) is 2. The van der Waals surface area contributed by atoms with Crippen molar-refractivity contribution in [1.29, 1.82) is 0 Å². The second-order valence-electron chi connectivity index (χ2n) is 7.98. The Labute approximate surface area is 190 Å². The molecule has 1 fully saturated rings. The van der Waals surface area contributed by atoms with Gasteiger partial charge in [-0.15, -0.1) is 10.2 Å². The molecule has 8 heteroatoms. The summed E-state index contributed by atoms with van der Waals surface area (Å²) in [6, 6.07) is 13.4. The van der Waals surface area contributed by atoms with Crippen molar-refractivity contribution in [3.05, 3.63) is 70.2 Å². The second kappa shape index (κ2) is 8.63. The van der Waals surface area contributed by atoms with Gasteiger partial charge in [0.15, 0.2) is 5.78 Å². The summed E-state index contributed by atoms with van der Waals surface area (Å²) in [5.74, 6) is -2.14. The van der Waals surface area contributed by atoms with Crippen molar-refractivity contribution in [1.82, 2.24) is 10.2 Å². The largest absolute Gasteiger partial charge is 0.497 e. The Balaban J connectivity index is 1.81. The number of aryl methyl sites for hydroxylation is 1. The quantitative estimate of drug-likeness (QED) is 0.319. The number of benzene rings is 2. The van der Waals surface area contributed by atoms with E-state index in [1.165, 1.54) is 23.3 Å². The van der Waals surface area contributed by atoms with Gasteiger partial charge < -0.3 is 4.74 Å². The van der Waals surface area contributed by atoms with Crippen molar-refractivity contribution in [2.45, 2.75) is 32.7 Å². The van der Waals surface area contributed by atoms with Crippen molar-refractivity contribution < 1.29 is 19.1 Å². The molecule has 2 unspecified atom stereocenters. The van der Waals surface area contributed by atoms with Crippen LogP contribution in [-0.4, -0.2) is 34.8 Å². The molecule has 2 atom stereocenters. The van der Waals surface area contributed by atoms with Crippen LogP contribution in [0.5, 0.6) is 5.75 Å². The van der Waals surface area contributed by atoms with Gasteiger partial charge in [0.1, 0.15) is 16.7 Å². The number of amides is 1. The summed E-state index contributed by atoms with van der Waals surface area (Å²) in [7, 11) is 1.54. The molecule has 164 valence electrons. The molecule has 0 aliphatic carbocycles. The Morgan fingerprint density at radius 2 is 1.69 bits per heavy atom. The van der Waals surface area contributed by atoms with E-state index in [1.54, 1.807) is 31.2 Å². The predicted octanol–water partition coefficient (Wildman–Crippen LogP) is 4.13. The van der Waals surface area contributed by atoms with Crippen molar-refractivity contribution in [3.63, 3.8) is 0 Å². The third-order valence-electron chi connectivity index (χ3n) is 5.63. The van der Waals surface area contributed by atoms with Gasteiger partial charge in [-0.2, -0.15) is 0 Å². The maximum Gasteiger partial charge on any atom is 0.297 e. The number of rotatable bonds is 6. The molecule has 2 aromatic carbocycles. The first-order chi connectivity index (χ1) is 15.3. The zero-order chi connectivity index (χ0) is 23.0. The van der Waals surface area contributed by atoms with E-state index < -0.39 is 29.4 Å². The van der Waals surface area contributed by atoms with Crippen LogP contribution in [-0.2, 0) is 9.59 Å². The molecule has 4 rings (SSSR count). The predicted molar refractivity (Wildman–Crippen MR) is 121 cm³/mol. The molecule has 3 aromatic rings. The average Bonchev–Trinajstić information content (AvgIpc) is 3.34. The lowest BCUT2D eigenvalue weighted by Crippen LogP contribution is -2.30. The van der Waals surface area contributed by atoms with Crippen molar-refractivity contribution in [2.75, 3.05) is 12.0 Å². The Morgan fingerprint density at radius 1 is 1.03 bits per heavy atom. The highest BCUT2D eigenvalue weighted by Gasteiger charge is 2.53. The number of carbonyl (C=O) groups excluding carboxylic acids is 3. The summed E-state index contributed by atoms with van der Waals surface area (Å²) in [6.07, 6.45) is 0. The number of hydrogen-bond donors (Lipinski definition) is 0. The van der Waals surface area contributed by atoms with E-state index in [0.717, 1.165) is 5.56 Å². The smallest absolute Gasteiger partial charge is 0.297 e. The minimum absolute atomic E-state index is 0.309. The van der Waals surface area contributed by atoms with Gasteiger partial charge in [0.25, 0.3) is 5.91 Å². The van der Waals surface area contributed by atoms with Crippen LogP contribution in [0, 0.1) is 12.8 Å². The lowest BCUT2D eigenvalue weighted by Gasteiger charge is -2.25. The lowest BCUT2D eigenvalue weighted by atomic mass is 9.85. The highest BCUT2D eigenvalue weighted by Crippen LogP contribution is 2.42. The van der Waals surface area contributed by atoms with Crippen molar-refractivity contribution in [2.24, 2.45) is 5.92 Å². The highest BCUT2D eigenvalue weighted by molar-refractivity contribution is 7.15. The Morgan fingerprint density at radius 3 is 2.22 bits per heavy atom. The van der Waals surface area contributed by atoms with E-state index in [2.05, 4.69) is 24.0 Å². The molecule has 1 saturated heterocycles. The van der Waals surface area contributed by atoms with E-state index >= 15 is 0 Å². The average molecular weight is 450 g/mol. The molecule has 1 aliphatic heterocycles. The third-order valence-corrected chi connectivity index (χ3v) is 6.47. The Kier molecular flexibility index (Phi) is 5.88. The van der Waals surface area contributed by atoms with E-state index in [-0.39, 0.29) is 0 Å². The Bertz CT molecular complexity index is 1170. The number of aromatic nitrogens is 2. The van der Waals surface area contributed by atoms with Crippen molar-refractivity contribution >= 4 is 33.9 Å². The first-order valence-corrected chi connectivity index (χ1v) is 11.1. The van der Waals surface area contributed by atoms with E-state index in [9.17, 15) is 14.4 Å². The minimum Gasteiger partial charge on any atom is -0.497 e. The van der Waals surface area contributed by atoms with Crippen LogP contribution in [0.4, 0.5) is 5.13 Å². The molecule has 0 saturated carbocycles. The summed E-state index contributed by atoms with van der Waals surface area (Å²) in [6.45, 7) is 5.95. The Hall–Kier alpha value is -3.39. The normalized spacial score (nSPS) is 18.5. The number of anilines is 1. The number of ketones is 2. The summed E-state index contributed by atoms with van der Waals surface area (Å²) in [5, 5.41) is 9.06. The van der Waals surface area contributed by atoms with Gasteiger partial charge in [0.05, 0.1) is 13.2 Å². The molecule has 2 heterocycles. The minimum atomic E-state index is -1.18. The maximum atomic E-state index is 13.5. The van der Waals surface area contributed by atoms with Gasteiger partial charge in [-0.05, 0) is 48.2 Å². The monoisotopic (exact) mass is 449 g/mol. The fourth-order valence-corrected chi connectivity index (χ4v) is 4.60. The highest BCUT2D eigenvalue weighted by atomic mass is 32.1. The molecule has 1 amide bonds. The van der Waals surface area contributed by atoms with Crippen LogP contribution in [0.15, 0.2) is 48.5 Å². The maximum absolute atomic E-state index is 13.5. The van der Waals surface area contributed by atoms with Crippen LogP contribution in [0.1, 0.15) is 52.3 Å². The van der Waals surface area contributed by atoms with Gasteiger partial charge in [-0.25, -0.2) is 0 Å². The number of hydrogen-bond acceptors (Lipinski definition) is 7. The lowest BCUT2D eigenvalue weighted by molar-refractivity contribution is -0.135. The second-order valence-corrected chi connectivity index (χ2v) is 9.14. The first kappa shape index (κ1) is 21.8. The van der Waals surface area contributed by atoms with Gasteiger partial charge in [-0.3, -0.25) is 19.3 Å². The number of ether oxygens (including phenoxy) is 1. The fraction of sp³-hybridized carbons (Fsp3) is 0.292. The molecule has 1 aliphatic rings. The molecule has 0 radical (unpaired) electrons. The van der Waals surface area contributed by atoms with Crippen LogP contribution >= 0.6 is 11.3 Å². The summed E-state index contributed by atoms with van der Waals surface area (Å²) < 4.78 is 5.16. The zero-order valence-electron chi connectivity index (χ0n) is 18.2. The molecule has 0 N–H and O–H groups in total. The molecule has 1 aromatic heterocycles. The van der Waals surface area contributed by atoms with E-state index in [0.29, 0.717) is 32.9 Å². The van der Waals surface area contributed by atoms with Gasteiger partial charge in [0.2, 0.25) is 10.9 Å². The fourth-order valence-electron chi connectivity index (χ4n) is 3.88. The van der Waals surface area contributed by atoms with E-state index in [1.807, 2.05) is 24.3 Å². The number of carbonyl (C=O) groups is 3. The zero-order valence-corrected chi connectivity index (χ0v) is 19.1. The van der Waals surface area contributed by atoms with Crippen LogP contribution < -0.4 is 9.64 Å². The standard InChI is InChI=1S/C24H23N3O4S/c1-13(2)15-5-7-16(8-6-15)20-19(21(28)17-9-11-18(31-4)12-10-17)22(29)23(30)27(20)24-26-25-14(3)32-24/h5-13,19-20H,1-4H3. The van der Waals surface area contributed by atoms with E-state index in [4.69, 9.17) is 4.74 Å². The summed E-state index contributed by atoms with van der Waals surface area (Å²) in [4.78, 5) is 41.0. The molecule has 0 bridgehead atoms. The SMILES string of the molecule is COc1ccc(C(=O)C2C(=O)C(=O)N(c3nnc(C)s3)C2c2ccc(C(C)C)cc2)cc1. The van der Waals surface area contributed by atoms with Gasteiger partial charge in [0, 0.05) is 5.56 Å². The molecule has 0 spiro atoms. The third kappa shape index (κ3) is 3.82.